The van der Waals surface area contributed by atoms with Crippen molar-refractivity contribution < 1.29 is 32.3 Å². The van der Waals surface area contributed by atoms with Crippen LogP contribution in [0.3, 0.4) is 0 Å². The minimum atomic E-state index is -4.54. The SMILES string of the molecule is CC(C)(C)OC(=O)ON1CCC(CN(Cc2ccccc2C(F)(F)F)C(=O)CNc2cccc3c2CCN(CC2CC2)C3)C1. The number of ether oxygens (including phenoxy) is 1. The van der Waals surface area contributed by atoms with Crippen molar-refractivity contribution in [3.8, 4) is 0 Å². The molecule has 2 aliphatic heterocycles. The number of alkyl halides is 3. The molecule has 0 radical (unpaired) electrons. The standard InChI is InChI=1S/C33H43F3N4O4/c1-32(2,3)43-31(42)44-40-16-13-24(20-40)19-39(22-26-7-4-5-9-28(26)33(34,35)36)30(41)17-37-29-10-6-8-25-21-38(15-14-27(25)29)18-23-11-12-23/h4-10,23-24,37H,11-22H2,1-3H3. The predicted molar refractivity (Wildman–Crippen MR) is 160 cm³/mol. The summed E-state index contributed by atoms with van der Waals surface area (Å²) in [6.45, 7) is 9.02. The Kier molecular flexibility index (Phi) is 9.74. The molecular formula is C33H43F3N4O4. The van der Waals surface area contributed by atoms with Crippen LogP contribution in [0.1, 0.15) is 62.3 Å². The van der Waals surface area contributed by atoms with Crippen LogP contribution in [-0.2, 0) is 40.1 Å². The third-order valence-corrected chi connectivity index (χ3v) is 8.35. The number of nitrogens with zero attached hydrogens (tertiary/aromatic N) is 3. The van der Waals surface area contributed by atoms with Crippen LogP contribution in [0, 0.1) is 11.8 Å². The Hall–Kier alpha value is -3.31. The molecule has 1 unspecified atom stereocenters. The molecule has 2 fully saturated rings. The van der Waals surface area contributed by atoms with Gasteiger partial charge in [-0.15, -0.1) is 5.06 Å². The molecule has 1 atom stereocenters. The molecule has 1 saturated heterocycles. The highest BCUT2D eigenvalue weighted by Crippen LogP contribution is 2.34. The molecular weight excluding hydrogens is 573 g/mol. The van der Waals surface area contributed by atoms with E-state index in [-0.39, 0.29) is 37.0 Å². The Morgan fingerprint density at radius 1 is 1.00 bits per heavy atom. The van der Waals surface area contributed by atoms with E-state index in [1.165, 1.54) is 46.1 Å². The molecule has 0 spiro atoms. The number of halogens is 3. The van der Waals surface area contributed by atoms with Gasteiger partial charge < -0.3 is 19.8 Å². The second-order valence-electron chi connectivity index (χ2n) is 13.3. The zero-order chi connectivity index (χ0) is 31.5. The third-order valence-electron chi connectivity index (χ3n) is 8.35. The van der Waals surface area contributed by atoms with Gasteiger partial charge in [0.1, 0.15) is 5.60 Å². The molecule has 1 N–H and O–H groups in total. The van der Waals surface area contributed by atoms with Gasteiger partial charge in [-0.2, -0.15) is 13.2 Å². The summed E-state index contributed by atoms with van der Waals surface area (Å²) in [5, 5.41) is 4.80. The Labute approximate surface area is 257 Å². The second-order valence-corrected chi connectivity index (χ2v) is 13.3. The minimum Gasteiger partial charge on any atom is -0.427 e. The molecule has 3 aliphatic rings. The molecule has 44 heavy (non-hydrogen) atoms. The van der Waals surface area contributed by atoms with Crippen molar-refractivity contribution >= 4 is 17.7 Å². The number of carbonyl (C=O) groups excluding carboxylic acids is 2. The van der Waals surface area contributed by atoms with Crippen molar-refractivity contribution in [2.24, 2.45) is 11.8 Å². The van der Waals surface area contributed by atoms with Gasteiger partial charge in [-0.1, -0.05) is 30.3 Å². The van der Waals surface area contributed by atoms with Crippen molar-refractivity contribution in [3.05, 3.63) is 64.7 Å². The van der Waals surface area contributed by atoms with Gasteiger partial charge in [0.25, 0.3) is 0 Å². The summed E-state index contributed by atoms with van der Waals surface area (Å²) in [6.07, 6.45) is -1.22. The monoisotopic (exact) mass is 616 g/mol. The highest BCUT2D eigenvalue weighted by Gasteiger charge is 2.35. The normalized spacial score (nSPS) is 19.4. The van der Waals surface area contributed by atoms with Crippen molar-refractivity contribution in [2.75, 3.05) is 44.6 Å². The van der Waals surface area contributed by atoms with Crippen LogP contribution < -0.4 is 5.32 Å². The molecule has 1 aliphatic carbocycles. The van der Waals surface area contributed by atoms with Crippen LogP contribution >= 0.6 is 0 Å². The first kappa shape index (κ1) is 32.1. The first-order valence-electron chi connectivity index (χ1n) is 15.5. The van der Waals surface area contributed by atoms with Gasteiger partial charge >= 0.3 is 12.3 Å². The van der Waals surface area contributed by atoms with Gasteiger partial charge in [0.15, 0.2) is 0 Å². The van der Waals surface area contributed by atoms with Crippen molar-refractivity contribution in [3.63, 3.8) is 0 Å². The molecule has 2 aromatic rings. The maximum atomic E-state index is 13.8. The third kappa shape index (κ3) is 8.88. The van der Waals surface area contributed by atoms with Gasteiger partial charge in [0, 0.05) is 51.5 Å². The molecule has 5 rings (SSSR count). The topological polar surface area (TPSA) is 74.3 Å². The summed E-state index contributed by atoms with van der Waals surface area (Å²) in [5.41, 5.74) is 1.94. The van der Waals surface area contributed by atoms with E-state index in [0.29, 0.717) is 19.5 Å². The van der Waals surface area contributed by atoms with Crippen LogP contribution in [0.15, 0.2) is 42.5 Å². The van der Waals surface area contributed by atoms with Gasteiger partial charge in [-0.25, -0.2) is 4.79 Å². The van der Waals surface area contributed by atoms with E-state index in [1.807, 2.05) is 12.1 Å². The summed E-state index contributed by atoms with van der Waals surface area (Å²) in [5.74, 6) is 0.429. The number of rotatable bonds is 10. The van der Waals surface area contributed by atoms with Crippen LogP contribution in [-0.4, -0.2) is 71.8 Å². The number of nitrogens with one attached hydrogen (secondary N) is 1. The lowest BCUT2D eigenvalue weighted by Crippen LogP contribution is -2.40. The fraction of sp³-hybridized carbons (Fsp3) is 0.576. The molecule has 8 nitrogen and oxygen atoms in total. The Morgan fingerprint density at radius 3 is 2.50 bits per heavy atom. The first-order valence-corrected chi connectivity index (χ1v) is 15.5. The summed E-state index contributed by atoms with van der Waals surface area (Å²) in [7, 11) is 0. The summed E-state index contributed by atoms with van der Waals surface area (Å²) in [4.78, 5) is 35.2. The largest absolute Gasteiger partial charge is 0.528 e. The lowest BCUT2D eigenvalue weighted by molar-refractivity contribution is -0.140. The van der Waals surface area contributed by atoms with Gasteiger partial charge in [0.05, 0.1) is 12.1 Å². The maximum absolute atomic E-state index is 13.8. The average molecular weight is 617 g/mol. The molecule has 11 heteroatoms. The molecule has 2 heterocycles. The number of fused-ring (bicyclic) bond motifs is 1. The number of hydrogen-bond donors (Lipinski definition) is 1. The fourth-order valence-corrected chi connectivity index (χ4v) is 6.05. The number of hydroxylamine groups is 2. The van der Waals surface area contributed by atoms with Crippen molar-refractivity contribution in [2.45, 2.75) is 71.3 Å². The number of hydrogen-bond acceptors (Lipinski definition) is 7. The van der Waals surface area contributed by atoms with Crippen LogP contribution in [0.25, 0.3) is 0 Å². The summed E-state index contributed by atoms with van der Waals surface area (Å²) >= 11 is 0. The first-order chi connectivity index (χ1) is 20.8. The van der Waals surface area contributed by atoms with Crippen LogP contribution in [0.2, 0.25) is 0 Å². The van der Waals surface area contributed by atoms with Crippen LogP contribution in [0.5, 0.6) is 0 Å². The van der Waals surface area contributed by atoms with Gasteiger partial charge in [-0.3, -0.25) is 9.69 Å². The predicted octanol–water partition coefficient (Wildman–Crippen LogP) is 6.10. The molecule has 0 aromatic heterocycles. The van der Waals surface area contributed by atoms with E-state index < -0.39 is 23.5 Å². The van der Waals surface area contributed by atoms with Crippen molar-refractivity contribution in [1.82, 2.24) is 14.9 Å². The zero-order valence-corrected chi connectivity index (χ0v) is 25.8. The number of carbonyl (C=O) groups is 2. The van der Waals surface area contributed by atoms with Crippen molar-refractivity contribution in [1.29, 1.82) is 0 Å². The number of benzene rings is 2. The maximum Gasteiger partial charge on any atom is 0.528 e. The molecule has 240 valence electrons. The minimum absolute atomic E-state index is 0.0404. The van der Waals surface area contributed by atoms with E-state index in [1.54, 1.807) is 26.8 Å². The highest BCUT2D eigenvalue weighted by molar-refractivity contribution is 5.81. The smallest absolute Gasteiger partial charge is 0.427 e. The Balaban J connectivity index is 1.26. The fourth-order valence-electron chi connectivity index (χ4n) is 6.05. The van der Waals surface area contributed by atoms with Gasteiger partial charge in [0.2, 0.25) is 5.91 Å². The van der Waals surface area contributed by atoms with Crippen LogP contribution in [0.4, 0.5) is 23.7 Å². The molecule has 0 bridgehead atoms. The molecule has 1 amide bonds. The Morgan fingerprint density at radius 2 is 1.77 bits per heavy atom. The number of amides is 1. The van der Waals surface area contributed by atoms with Gasteiger partial charge in [-0.05, 0) is 87.1 Å². The highest BCUT2D eigenvalue weighted by atomic mass is 19.4. The quantitative estimate of drug-likeness (QED) is 0.323. The zero-order valence-electron chi connectivity index (χ0n) is 25.8. The summed E-state index contributed by atoms with van der Waals surface area (Å²) < 4.78 is 46.7. The average Bonchev–Trinajstić information content (AvgIpc) is 3.66. The second kappa shape index (κ2) is 13.4. The van der Waals surface area contributed by atoms with E-state index in [9.17, 15) is 22.8 Å². The molecule has 2 aromatic carbocycles. The van der Waals surface area contributed by atoms with E-state index >= 15 is 0 Å². The van der Waals surface area contributed by atoms with E-state index in [2.05, 4.69) is 16.3 Å². The van der Waals surface area contributed by atoms with E-state index in [0.717, 1.165) is 43.7 Å². The lowest BCUT2D eigenvalue weighted by Gasteiger charge is -2.31. The lowest BCUT2D eigenvalue weighted by atomic mass is 9.97. The number of anilines is 1. The Bertz CT molecular complexity index is 1320. The summed E-state index contributed by atoms with van der Waals surface area (Å²) in [6, 6.07) is 11.5. The molecule has 1 saturated carbocycles. The van der Waals surface area contributed by atoms with E-state index in [4.69, 9.17) is 9.57 Å².